The maximum atomic E-state index is 12.0. The monoisotopic (exact) mass is 233 g/mol. The summed E-state index contributed by atoms with van der Waals surface area (Å²) in [6.45, 7) is 6.15. The number of anilines is 1. The van der Waals surface area contributed by atoms with Crippen LogP contribution in [0.15, 0.2) is 18.2 Å². The van der Waals surface area contributed by atoms with Gasteiger partial charge in [-0.15, -0.1) is 0 Å². The Balaban J connectivity index is 2.36. The number of hydrogen-bond acceptors (Lipinski definition) is 2. The molecule has 0 bridgehead atoms. The van der Waals surface area contributed by atoms with Gasteiger partial charge in [-0.25, -0.2) is 0 Å². The highest BCUT2D eigenvalue weighted by molar-refractivity contribution is 5.97. The molecule has 1 heterocycles. The number of nitrogens with zero attached hydrogens (tertiary/aromatic N) is 1. The second-order valence-corrected chi connectivity index (χ2v) is 4.94. The van der Waals surface area contributed by atoms with E-state index in [1.54, 1.807) is 0 Å². The molecular weight excluding hydrogens is 214 g/mol. The van der Waals surface area contributed by atoms with Crippen LogP contribution in [0.3, 0.4) is 0 Å². The predicted octanol–water partition coefficient (Wildman–Crippen LogP) is 2.04. The Bertz CT molecular complexity index is 442. The molecule has 1 fully saturated rings. The van der Waals surface area contributed by atoms with E-state index in [0.717, 1.165) is 11.3 Å². The van der Waals surface area contributed by atoms with Crippen LogP contribution in [0.5, 0.6) is 0 Å². The summed E-state index contributed by atoms with van der Waals surface area (Å²) >= 11 is 0. The zero-order valence-electron chi connectivity index (χ0n) is 10.6. The number of aryl methyl sites for hydroxylation is 2. The molecule has 1 aromatic carbocycles. The number of carbonyl (C=O) groups is 1. The highest BCUT2D eigenvalue weighted by atomic mass is 16.3. The van der Waals surface area contributed by atoms with Crippen molar-refractivity contribution < 1.29 is 9.90 Å². The highest BCUT2D eigenvalue weighted by Gasteiger charge is 2.37. The smallest absolute Gasteiger partial charge is 0.227 e. The van der Waals surface area contributed by atoms with Crippen LogP contribution < -0.4 is 4.90 Å². The maximum absolute atomic E-state index is 12.0. The van der Waals surface area contributed by atoms with Crippen molar-refractivity contribution in [3.05, 3.63) is 29.3 Å². The second kappa shape index (κ2) is 4.49. The number of hydrogen-bond donors (Lipinski definition) is 1. The fourth-order valence-electron chi connectivity index (χ4n) is 2.58. The number of aliphatic hydroxyl groups is 1. The Kier molecular flexibility index (Phi) is 3.20. The third-order valence-corrected chi connectivity index (χ3v) is 3.64. The molecule has 17 heavy (non-hydrogen) atoms. The van der Waals surface area contributed by atoms with Crippen LogP contribution in [0, 0.1) is 19.8 Å². The van der Waals surface area contributed by atoms with Gasteiger partial charge in [0.1, 0.15) is 0 Å². The molecular formula is C14H19NO2. The average Bonchev–Trinajstić information content (AvgIpc) is 2.55. The van der Waals surface area contributed by atoms with E-state index < -0.39 is 0 Å². The van der Waals surface area contributed by atoms with Crippen LogP contribution in [0.2, 0.25) is 0 Å². The van der Waals surface area contributed by atoms with E-state index in [1.165, 1.54) is 5.56 Å². The van der Waals surface area contributed by atoms with Gasteiger partial charge >= 0.3 is 0 Å². The Morgan fingerprint density at radius 2 is 2.12 bits per heavy atom. The van der Waals surface area contributed by atoms with Crippen molar-refractivity contribution in [1.82, 2.24) is 0 Å². The van der Waals surface area contributed by atoms with Gasteiger partial charge in [-0.05, 0) is 32.4 Å². The van der Waals surface area contributed by atoms with Gasteiger partial charge in [0.2, 0.25) is 5.91 Å². The van der Waals surface area contributed by atoms with E-state index >= 15 is 0 Å². The minimum Gasteiger partial charge on any atom is -0.396 e. The van der Waals surface area contributed by atoms with Crippen molar-refractivity contribution in [2.45, 2.75) is 33.2 Å². The van der Waals surface area contributed by atoms with Gasteiger partial charge < -0.3 is 10.0 Å². The first kappa shape index (κ1) is 12.1. The van der Waals surface area contributed by atoms with Crippen LogP contribution in [0.25, 0.3) is 0 Å². The van der Waals surface area contributed by atoms with Gasteiger partial charge in [0, 0.05) is 30.7 Å². The lowest BCUT2D eigenvalue weighted by atomic mass is 10.0. The standard InChI is InChI=1S/C14H19NO2/c1-9-4-5-13(10(2)6-9)15-11(3)12(8-16)7-14(15)17/h4-6,11-12,16H,7-8H2,1-3H3. The lowest BCUT2D eigenvalue weighted by molar-refractivity contribution is -0.117. The van der Waals surface area contributed by atoms with Crippen LogP contribution in [0.4, 0.5) is 5.69 Å². The molecule has 1 saturated heterocycles. The SMILES string of the molecule is Cc1ccc(N2C(=O)CC(CO)C2C)c(C)c1. The minimum absolute atomic E-state index is 0.0585. The van der Waals surface area contributed by atoms with Crippen molar-refractivity contribution in [2.75, 3.05) is 11.5 Å². The molecule has 0 aliphatic carbocycles. The van der Waals surface area contributed by atoms with Crippen LogP contribution in [-0.4, -0.2) is 23.7 Å². The van der Waals surface area contributed by atoms with Crippen molar-refractivity contribution in [3.63, 3.8) is 0 Å². The van der Waals surface area contributed by atoms with Crippen molar-refractivity contribution in [2.24, 2.45) is 5.92 Å². The topological polar surface area (TPSA) is 40.5 Å². The maximum Gasteiger partial charge on any atom is 0.227 e. The lowest BCUT2D eigenvalue weighted by Crippen LogP contribution is -2.34. The first-order valence-electron chi connectivity index (χ1n) is 6.04. The number of amides is 1. The highest BCUT2D eigenvalue weighted by Crippen LogP contribution is 2.32. The molecule has 0 saturated carbocycles. The molecule has 92 valence electrons. The Morgan fingerprint density at radius 1 is 1.41 bits per heavy atom. The number of benzene rings is 1. The van der Waals surface area contributed by atoms with Crippen molar-refractivity contribution >= 4 is 11.6 Å². The van der Waals surface area contributed by atoms with Gasteiger partial charge in [-0.3, -0.25) is 4.79 Å². The van der Waals surface area contributed by atoms with Gasteiger partial charge in [-0.2, -0.15) is 0 Å². The summed E-state index contributed by atoms with van der Waals surface area (Å²) in [6.07, 6.45) is 0.449. The number of aliphatic hydroxyl groups excluding tert-OH is 1. The van der Waals surface area contributed by atoms with E-state index in [4.69, 9.17) is 0 Å². The molecule has 2 rings (SSSR count). The molecule has 1 aliphatic rings. The molecule has 0 aromatic heterocycles. The Morgan fingerprint density at radius 3 is 2.65 bits per heavy atom. The first-order chi connectivity index (χ1) is 8.04. The molecule has 1 amide bonds. The molecule has 0 radical (unpaired) electrons. The van der Waals surface area contributed by atoms with E-state index in [0.29, 0.717) is 6.42 Å². The normalized spacial score (nSPS) is 24.5. The summed E-state index contributed by atoms with van der Waals surface area (Å²) in [5.41, 5.74) is 3.29. The van der Waals surface area contributed by atoms with Gasteiger partial charge in [0.25, 0.3) is 0 Å². The number of rotatable bonds is 2. The van der Waals surface area contributed by atoms with Gasteiger partial charge in [0.15, 0.2) is 0 Å². The summed E-state index contributed by atoms with van der Waals surface area (Å²) in [7, 11) is 0. The lowest BCUT2D eigenvalue weighted by Gasteiger charge is -2.26. The summed E-state index contributed by atoms with van der Waals surface area (Å²) in [5, 5.41) is 9.25. The summed E-state index contributed by atoms with van der Waals surface area (Å²) in [6, 6.07) is 6.18. The van der Waals surface area contributed by atoms with Crippen LogP contribution in [0.1, 0.15) is 24.5 Å². The molecule has 3 nitrogen and oxygen atoms in total. The fraction of sp³-hybridized carbons (Fsp3) is 0.500. The van der Waals surface area contributed by atoms with Crippen molar-refractivity contribution in [1.29, 1.82) is 0 Å². The minimum atomic E-state index is 0.0585. The van der Waals surface area contributed by atoms with Gasteiger partial charge in [0.05, 0.1) is 0 Å². The summed E-state index contributed by atoms with van der Waals surface area (Å²) in [4.78, 5) is 13.8. The molecule has 1 aromatic rings. The molecule has 3 heteroatoms. The molecule has 2 unspecified atom stereocenters. The van der Waals surface area contributed by atoms with E-state index in [2.05, 4.69) is 6.07 Å². The van der Waals surface area contributed by atoms with Crippen molar-refractivity contribution in [3.8, 4) is 0 Å². The Hall–Kier alpha value is -1.35. The largest absolute Gasteiger partial charge is 0.396 e. The first-order valence-corrected chi connectivity index (χ1v) is 6.04. The third kappa shape index (κ3) is 2.07. The van der Waals surface area contributed by atoms with E-state index in [9.17, 15) is 9.90 Å². The quantitative estimate of drug-likeness (QED) is 0.849. The molecule has 2 atom stereocenters. The summed E-state index contributed by atoms with van der Waals surface area (Å²) < 4.78 is 0. The average molecular weight is 233 g/mol. The van der Waals surface area contributed by atoms with Gasteiger partial charge in [-0.1, -0.05) is 17.7 Å². The van der Waals surface area contributed by atoms with E-state index in [1.807, 2.05) is 37.8 Å². The summed E-state index contributed by atoms with van der Waals surface area (Å²) in [5.74, 6) is 0.173. The Labute approximate surface area is 102 Å². The van der Waals surface area contributed by atoms with Crippen LogP contribution >= 0.6 is 0 Å². The molecule has 1 N–H and O–H groups in total. The zero-order chi connectivity index (χ0) is 12.6. The van der Waals surface area contributed by atoms with E-state index in [-0.39, 0.29) is 24.5 Å². The molecule has 0 spiro atoms. The number of carbonyl (C=O) groups excluding carboxylic acids is 1. The zero-order valence-corrected chi connectivity index (χ0v) is 10.6. The van der Waals surface area contributed by atoms with Crippen LogP contribution in [-0.2, 0) is 4.79 Å². The predicted molar refractivity (Wildman–Crippen MR) is 68.1 cm³/mol. The molecule has 1 aliphatic heterocycles. The second-order valence-electron chi connectivity index (χ2n) is 4.94. The third-order valence-electron chi connectivity index (χ3n) is 3.64. The fourth-order valence-corrected chi connectivity index (χ4v) is 2.58.